The van der Waals surface area contributed by atoms with Gasteiger partial charge in [-0.15, -0.1) is 0 Å². The highest BCUT2D eigenvalue weighted by Crippen LogP contribution is 2.23. The molecule has 160 valence electrons. The van der Waals surface area contributed by atoms with Gasteiger partial charge in [-0.3, -0.25) is 9.48 Å². The molecule has 0 aliphatic heterocycles. The van der Waals surface area contributed by atoms with Crippen LogP contribution in [0.2, 0.25) is 5.02 Å². The van der Waals surface area contributed by atoms with Gasteiger partial charge in [-0.1, -0.05) is 41.9 Å². The lowest BCUT2D eigenvalue weighted by molar-refractivity contribution is 0.0950. The number of hydrogen-bond acceptors (Lipinski definition) is 3. The Bertz CT molecular complexity index is 1420. The molecule has 0 unspecified atom stereocenters. The van der Waals surface area contributed by atoms with E-state index >= 15 is 0 Å². The highest BCUT2D eigenvalue weighted by molar-refractivity contribution is 6.30. The van der Waals surface area contributed by atoms with Gasteiger partial charge in [0, 0.05) is 34.1 Å². The molecule has 0 atom stereocenters. The molecule has 0 aliphatic rings. The molecule has 0 saturated carbocycles. The minimum absolute atomic E-state index is 0.209. The zero-order chi connectivity index (χ0) is 22.1. The fourth-order valence-electron chi connectivity index (χ4n) is 3.95. The summed E-state index contributed by atoms with van der Waals surface area (Å²) in [5, 5.41) is 19.8. The van der Waals surface area contributed by atoms with Gasteiger partial charge in [0.25, 0.3) is 5.91 Å². The number of aromatic nitrogens is 3. The van der Waals surface area contributed by atoms with Gasteiger partial charge in [0.2, 0.25) is 0 Å². The largest absolute Gasteiger partial charge is 0.508 e. The van der Waals surface area contributed by atoms with E-state index in [2.05, 4.69) is 15.4 Å². The van der Waals surface area contributed by atoms with Crippen molar-refractivity contribution in [1.82, 2.24) is 20.1 Å². The summed E-state index contributed by atoms with van der Waals surface area (Å²) in [6, 6.07) is 20.6. The van der Waals surface area contributed by atoms with E-state index in [1.807, 2.05) is 65.5 Å². The Morgan fingerprint density at radius 2 is 1.88 bits per heavy atom. The first-order chi connectivity index (χ1) is 15.6. The topological polar surface area (TPSA) is 82.9 Å². The lowest BCUT2D eigenvalue weighted by Crippen LogP contribution is -2.26. The maximum atomic E-state index is 13.0. The van der Waals surface area contributed by atoms with Crippen molar-refractivity contribution in [2.75, 3.05) is 6.54 Å². The Hall–Kier alpha value is -3.77. The number of aromatic hydroxyl groups is 1. The fraction of sp³-hybridized carbons (Fsp3) is 0.120. The normalized spacial score (nSPS) is 11.3. The third-order valence-corrected chi connectivity index (χ3v) is 5.80. The van der Waals surface area contributed by atoms with Gasteiger partial charge in [-0.05, 0) is 53.9 Å². The number of benzene rings is 3. The van der Waals surface area contributed by atoms with Crippen molar-refractivity contribution in [2.45, 2.75) is 13.0 Å². The summed E-state index contributed by atoms with van der Waals surface area (Å²) in [5.74, 6) is 0.0128. The second kappa shape index (κ2) is 8.40. The van der Waals surface area contributed by atoms with Gasteiger partial charge in [0.15, 0.2) is 5.69 Å². The molecule has 6 nitrogen and oxygen atoms in total. The van der Waals surface area contributed by atoms with Gasteiger partial charge in [-0.2, -0.15) is 5.10 Å². The molecule has 5 rings (SSSR count). The van der Waals surface area contributed by atoms with Crippen LogP contribution in [0.3, 0.4) is 0 Å². The van der Waals surface area contributed by atoms with Crippen molar-refractivity contribution in [3.63, 3.8) is 0 Å². The molecule has 5 aromatic rings. The summed E-state index contributed by atoms with van der Waals surface area (Å²) >= 11 is 5.99. The fourth-order valence-corrected chi connectivity index (χ4v) is 4.07. The highest BCUT2D eigenvalue weighted by atomic mass is 35.5. The average molecular weight is 445 g/mol. The smallest absolute Gasteiger partial charge is 0.272 e. The number of carbonyl (C=O) groups excluding carboxylic acids is 1. The third-order valence-electron chi connectivity index (χ3n) is 5.55. The van der Waals surface area contributed by atoms with Crippen LogP contribution in [0.15, 0.2) is 72.9 Å². The zero-order valence-electron chi connectivity index (χ0n) is 17.2. The second-order valence-electron chi connectivity index (χ2n) is 7.70. The molecule has 0 radical (unpaired) electrons. The van der Waals surface area contributed by atoms with Crippen LogP contribution in [-0.4, -0.2) is 32.3 Å². The molecule has 2 aromatic heterocycles. The number of H-pyrrole nitrogens is 1. The molecular weight excluding hydrogens is 424 g/mol. The van der Waals surface area contributed by atoms with E-state index in [1.165, 1.54) is 0 Å². The van der Waals surface area contributed by atoms with Crippen LogP contribution in [0.4, 0.5) is 0 Å². The first kappa shape index (κ1) is 20.2. The predicted molar refractivity (Wildman–Crippen MR) is 126 cm³/mol. The summed E-state index contributed by atoms with van der Waals surface area (Å²) in [6.07, 6.45) is 2.55. The van der Waals surface area contributed by atoms with Crippen LogP contribution in [-0.2, 0) is 13.0 Å². The summed E-state index contributed by atoms with van der Waals surface area (Å²) in [4.78, 5) is 16.2. The number of para-hydroxylation sites is 1. The van der Waals surface area contributed by atoms with E-state index in [4.69, 9.17) is 11.6 Å². The van der Waals surface area contributed by atoms with Crippen LogP contribution in [0.25, 0.3) is 21.8 Å². The molecule has 0 aliphatic carbocycles. The molecule has 3 N–H and O–H groups in total. The van der Waals surface area contributed by atoms with E-state index in [1.54, 1.807) is 12.1 Å². The molecular formula is C25H21ClN4O2. The molecule has 3 aromatic carbocycles. The van der Waals surface area contributed by atoms with Crippen LogP contribution in [0.1, 0.15) is 21.6 Å². The van der Waals surface area contributed by atoms with Crippen molar-refractivity contribution in [3.05, 3.63) is 94.8 Å². The molecule has 32 heavy (non-hydrogen) atoms. The highest BCUT2D eigenvalue weighted by Gasteiger charge is 2.17. The predicted octanol–water partition coefficient (Wildman–Crippen LogP) is 4.90. The SMILES string of the molecule is O=C(NCCc1c[nH]c2ccc(O)cc12)c1nn(Cc2ccc(Cl)cc2)c2ccccc12. The molecule has 0 bridgehead atoms. The Labute approximate surface area is 189 Å². The molecule has 0 spiro atoms. The molecule has 1 amide bonds. The lowest BCUT2D eigenvalue weighted by Gasteiger charge is -2.04. The van der Waals surface area contributed by atoms with Crippen LogP contribution in [0.5, 0.6) is 5.75 Å². The number of hydrogen-bond donors (Lipinski definition) is 3. The molecule has 2 heterocycles. The number of halogens is 1. The lowest BCUT2D eigenvalue weighted by atomic mass is 10.1. The Morgan fingerprint density at radius 3 is 2.72 bits per heavy atom. The summed E-state index contributed by atoms with van der Waals surface area (Å²) in [7, 11) is 0. The minimum Gasteiger partial charge on any atom is -0.508 e. The Kier molecular flexibility index (Phi) is 5.29. The number of amides is 1. The maximum absolute atomic E-state index is 13.0. The van der Waals surface area contributed by atoms with Gasteiger partial charge in [0.1, 0.15) is 5.75 Å². The van der Waals surface area contributed by atoms with E-state index in [-0.39, 0.29) is 11.7 Å². The zero-order valence-corrected chi connectivity index (χ0v) is 17.9. The van der Waals surface area contributed by atoms with Crippen molar-refractivity contribution in [3.8, 4) is 5.75 Å². The van der Waals surface area contributed by atoms with Crippen LogP contribution >= 0.6 is 11.6 Å². The number of rotatable bonds is 6. The number of nitrogens with one attached hydrogen (secondary N) is 2. The summed E-state index contributed by atoms with van der Waals surface area (Å²) in [5.41, 5.74) is 4.36. The van der Waals surface area contributed by atoms with Gasteiger partial charge in [-0.25, -0.2) is 0 Å². The molecule has 0 fully saturated rings. The summed E-state index contributed by atoms with van der Waals surface area (Å²) < 4.78 is 1.84. The number of carbonyl (C=O) groups is 1. The average Bonchev–Trinajstić information content (AvgIpc) is 3.37. The summed E-state index contributed by atoms with van der Waals surface area (Å²) in [6.45, 7) is 1.00. The molecule has 7 heteroatoms. The van der Waals surface area contributed by atoms with Crippen molar-refractivity contribution < 1.29 is 9.90 Å². The van der Waals surface area contributed by atoms with E-state index in [0.29, 0.717) is 30.2 Å². The number of phenolic OH excluding ortho intramolecular Hbond substituents is 1. The first-order valence-corrected chi connectivity index (χ1v) is 10.7. The van der Waals surface area contributed by atoms with Crippen LogP contribution in [0, 0.1) is 0 Å². The maximum Gasteiger partial charge on any atom is 0.272 e. The van der Waals surface area contributed by atoms with Crippen molar-refractivity contribution in [1.29, 1.82) is 0 Å². The van der Waals surface area contributed by atoms with Crippen LogP contribution < -0.4 is 5.32 Å². The third kappa shape index (κ3) is 3.92. The monoisotopic (exact) mass is 444 g/mol. The number of aromatic amines is 1. The van der Waals surface area contributed by atoms with Gasteiger partial charge < -0.3 is 15.4 Å². The van der Waals surface area contributed by atoms with Crippen molar-refractivity contribution >= 4 is 39.3 Å². The van der Waals surface area contributed by atoms with Crippen molar-refractivity contribution in [2.24, 2.45) is 0 Å². The number of fused-ring (bicyclic) bond motifs is 2. The molecule has 0 saturated heterocycles. The Balaban J connectivity index is 1.34. The minimum atomic E-state index is -0.209. The number of nitrogens with zero attached hydrogens (tertiary/aromatic N) is 2. The Morgan fingerprint density at radius 1 is 1.06 bits per heavy atom. The second-order valence-corrected chi connectivity index (χ2v) is 8.14. The quantitative estimate of drug-likeness (QED) is 0.348. The van der Waals surface area contributed by atoms with Gasteiger partial charge in [0.05, 0.1) is 12.1 Å². The van der Waals surface area contributed by atoms with E-state index in [9.17, 15) is 9.90 Å². The number of phenols is 1. The van der Waals surface area contributed by atoms with E-state index < -0.39 is 0 Å². The van der Waals surface area contributed by atoms with E-state index in [0.717, 1.165) is 32.9 Å². The standard InChI is InChI=1S/C25H21ClN4O2/c26-18-7-5-16(6-8-18)15-30-23-4-2-1-3-20(23)24(29-30)25(32)27-12-11-17-14-28-22-10-9-19(31)13-21(17)22/h1-10,13-14,28,31H,11-12,15H2,(H,27,32). The first-order valence-electron chi connectivity index (χ1n) is 10.4. The van der Waals surface area contributed by atoms with Gasteiger partial charge >= 0.3 is 0 Å².